The van der Waals surface area contributed by atoms with Gasteiger partial charge in [-0.15, -0.1) is 5.10 Å². The van der Waals surface area contributed by atoms with Crippen molar-refractivity contribution < 1.29 is 22.7 Å². The quantitative estimate of drug-likeness (QED) is 0.259. The van der Waals surface area contributed by atoms with Gasteiger partial charge in [-0.2, -0.15) is 18.3 Å². The molecule has 0 amide bonds. The fraction of sp³-hybridized carbons (Fsp3) is 0.179. The van der Waals surface area contributed by atoms with Crippen LogP contribution in [0.15, 0.2) is 77.6 Å². The van der Waals surface area contributed by atoms with Crippen molar-refractivity contribution in [1.82, 2.24) is 29.5 Å². The lowest BCUT2D eigenvalue weighted by atomic mass is 10.0. The minimum atomic E-state index is -4.51. The molecule has 0 fully saturated rings. The summed E-state index contributed by atoms with van der Waals surface area (Å²) in [6, 6.07) is 18.7. The van der Waals surface area contributed by atoms with Crippen LogP contribution in [0.2, 0.25) is 5.02 Å². The SMILES string of the molecule is COC(=O)c1cccc(Cn2c(-c3ccc(Cl)cc3)nn(Cc3nc(Cc4ccccc4C(F)(F)F)n[nH]3)c2=O)c1. The second-order valence-electron chi connectivity index (χ2n) is 9.08. The third-order valence-corrected chi connectivity index (χ3v) is 6.51. The Hall–Kier alpha value is -4.71. The fourth-order valence-corrected chi connectivity index (χ4v) is 4.47. The van der Waals surface area contributed by atoms with Crippen LogP contribution in [0.25, 0.3) is 11.4 Å². The predicted molar refractivity (Wildman–Crippen MR) is 144 cm³/mol. The Bertz CT molecular complexity index is 1760. The number of aromatic amines is 1. The summed E-state index contributed by atoms with van der Waals surface area (Å²) < 4.78 is 47.6. The van der Waals surface area contributed by atoms with Crippen molar-refractivity contribution in [3.63, 3.8) is 0 Å². The second-order valence-corrected chi connectivity index (χ2v) is 9.52. The number of aromatic nitrogens is 6. The number of nitrogens with zero attached hydrogens (tertiary/aromatic N) is 5. The average molecular weight is 583 g/mol. The number of rotatable bonds is 8. The molecule has 210 valence electrons. The van der Waals surface area contributed by atoms with Crippen molar-refractivity contribution in [3.05, 3.63) is 122 Å². The molecule has 9 nitrogen and oxygen atoms in total. The lowest BCUT2D eigenvalue weighted by molar-refractivity contribution is -0.138. The Kier molecular flexibility index (Phi) is 7.75. The van der Waals surface area contributed by atoms with Crippen molar-refractivity contribution >= 4 is 17.6 Å². The molecule has 0 unspecified atom stereocenters. The first-order valence-corrected chi connectivity index (χ1v) is 12.7. The third-order valence-electron chi connectivity index (χ3n) is 6.26. The van der Waals surface area contributed by atoms with E-state index in [4.69, 9.17) is 16.3 Å². The first-order valence-electron chi connectivity index (χ1n) is 12.3. The van der Waals surface area contributed by atoms with E-state index >= 15 is 0 Å². The average Bonchev–Trinajstić information content (AvgIpc) is 3.52. The monoisotopic (exact) mass is 582 g/mol. The van der Waals surface area contributed by atoms with Gasteiger partial charge in [-0.1, -0.05) is 41.9 Å². The van der Waals surface area contributed by atoms with Gasteiger partial charge in [-0.3, -0.25) is 9.67 Å². The molecular weight excluding hydrogens is 561 g/mol. The summed E-state index contributed by atoms with van der Waals surface area (Å²) in [6.07, 6.45) is -4.66. The van der Waals surface area contributed by atoms with Crippen molar-refractivity contribution in [3.8, 4) is 11.4 Å². The van der Waals surface area contributed by atoms with E-state index in [1.165, 1.54) is 34.6 Å². The van der Waals surface area contributed by atoms with Gasteiger partial charge in [0.1, 0.15) is 12.4 Å². The first kappa shape index (κ1) is 27.8. The largest absolute Gasteiger partial charge is 0.465 e. The summed E-state index contributed by atoms with van der Waals surface area (Å²) in [5, 5.41) is 11.8. The highest BCUT2D eigenvalue weighted by Gasteiger charge is 2.33. The zero-order valence-corrected chi connectivity index (χ0v) is 22.3. The molecule has 0 bridgehead atoms. The number of carbonyl (C=O) groups excluding carboxylic acids is 1. The number of H-pyrrole nitrogens is 1. The minimum Gasteiger partial charge on any atom is -0.465 e. The summed E-state index contributed by atoms with van der Waals surface area (Å²) >= 11 is 6.05. The number of carbonyl (C=O) groups is 1. The zero-order valence-electron chi connectivity index (χ0n) is 21.5. The molecule has 0 aliphatic carbocycles. The summed E-state index contributed by atoms with van der Waals surface area (Å²) in [6.45, 7) is -0.0138. The number of ether oxygens (including phenoxy) is 1. The zero-order chi connectivity index (χ0) is 29.1. The van der Waals surface area contributed by atoms with Gasteiger partial charge in [0.25, 0.3) is 0 Å². The fourth-order valence-electron chi connectivity index (χ4n) is 4.34. The van der Waals surface area contributed by atoms with Gasteiger partial charge in [0.2, 0.25) is 0 Å². The molecular formula is C28H22ClF3N6O3. The maximum absolute atomic E-state index is 13.5. The maximum Gasteiger partial charge on any atom is 0.416 e. The number of halogens is 4. The van der Waals surface area contributed by atoms with E-state index in [2.05, 4.69) is 20.3 Å². The van der Waals surface area contributed by atoms with Gasteiger partial charge in [0.05, 0.1) is 24.8 Å². The molecule has 2 aromatic heterocycles. The van der Waals surface area contributed by atoms with Crippen molar-refractivity contribution in [2.45, 2.75) is 25.7 Å². The van der Waals surface area contributed by atoms with Crippen LogP contribution in [0.1, 0.15) is 38.7 Å². The van der Waals surface area contributed by atoms with Gasteiger partial charge < -0.3 is 4.74 Å². The van der Waals surface area contributed by atoms with E-state index in [9.17, 15) is 22.8 Å². The lowest BCUT2D eigenvalue weighted by Gasteiger charge is -2.11. The minimum absolute atomic E-state index is 0.0335. The summed E-state index contributed by atoms with van der Waals surface area (Å²) in [5.41, 5.74) is 0.418. The van der Waals surface area contributed by atoms with Gasteiger partial charge >= 0.3 is 17.8 Å². The molecule has 1 N–H and O–H groups in total. The number of methoxy groups -OCH3 is 1. The number of hydrogen-bond donors (Lipinski definition) is 1. The molecule has 5 aromatic rings. The number of esters is 1. The van der Waals surface area contributed by atoms with E-state index < -0.39 is 23.4 Å². The van der Waals surface area contributed by atoms with Crippen molar-refractivity contribution in [2.75, 3.05) is 7.11 Å². The highest BCUT2D eigenvalue weighted by atomic mass is 35.5. The first-order chi connectivity index (χ1) is 19.6. The summed E-state index contributed by atoms with van der Waals surface area (Å²) in [5.74, 6) is 0.217. The highest BCUT2D eigenvalue weighted by molar-refractivity contribution is 6.30. The molecule has 13 heteroatoms. The van der Waals surface area contributed by atoms with Crippen LogP contribution in [0.4, 0.5) is 13.2 Å². The molecule has 3 aromatic carbocycles. The standard InChI is InChI=1S/C28H22ClF3N6O3/c1-41-26(39)20-7-4-5-17(13-20)15-37-25(18-9-11-21(29)12-10-18)36-38(27(37)40)16-24-33-23(34-35-24)14-19-6-2-3-8-22(19)28(30,31)32/h2-13H,14-16H2,1H3,(H,33,34,35). The van der Waals surface area contributed by atoms with Gasteiger partial charge in [-0.25, -0.2) is 19.3 Å². The predicted octanol–water partition coefficient (Wildman–Crippen LogP) is 4.98. The Morgan fingerprint density at radius 1 is 1.02 bits per heavy atom. The van der Waals surface area contributed by atoms with E-state index in [1.54, 1.807) is 48.5 Å². The van der Waals surface area contributed by atoms with E-state index in [0.717, 1.165) is 6.07 Å². The number of alkyl halides is 3. The van der Waals surface area contributed by atoms with E-state index in [1.807, 2.05) is 0 Å². The van der Waals surface area contributed by atoms with E-state index in [-0.39, 0.29) is 36.7 Å². The second kappa shape index (κ2) is 11.4. The molecule has 5 rings (SSSR count). The van der Waals surface area contributed by atoms with Crippen LogP contribution >= 0.6 is 11.6 Å². The van der Waals surface area contributed by atoms with Gasteiger partial charge in [-0.05, 0) is 53.6 Å². The van der Waals surface area contributed by atoms with Gasteiger partial charge in [0, 0.05) is 17.0 Å². The third kappa shape index (κ3) is 6.22. The number of benzene rings is 3. The highest BCUT2D eigenvalue weighted by Crippen LogP contribution is 2.32. The summed E-state index contributed by atoms with van der Waals surface area (Å²) in [7, 11) is 1.28. The van der Waals surface area contributed by atoms with Crippen LogP contribution in [0.3, 0.4) is 0 Å². The topological polar surface area (TPSA) is 108 Å². The van der Waals surface area contributed by atoms with Gasteiger partial charge in [0.15, 0.2) is 11.6 Å². The number of hydrogen-bond acceptors (Lipinski definition) is 6. The van der Waals surface area contributed by atoms with Crippen molar-refractivity contribution in [1.29, 1.82) is 0 Å². The molecule has 0 radical (unpaired) electrons. The molecule has 2 heterocycles. The molecule has 0 saturated heterocycles. The smallest absolute Gasteiger partial charge is 0.416 e. The van der Waals surface area contributed by atoms with Crippen molar-refractivity contribution in [2.24, 2.45) is 0 Å². The van der Waals surface area contributed by atoms with Crippen LogP contribution in [-0.4, -0.2) is 42.6 Å². The molecule has 0 aliphatic rings. The molecule has 0 spiro atoms. The Labute approximate surface area is 236 Å². The maximum atomic E-state index is 13.5. The van der Waals surface area contributed by atoms with Crippen LogP contribution < -0.4 is 5.69 Å². The Morgan fingerprint density at radius 3 is 2.51 bits per heavy atom. The molecule has 41 heavy (non-hydrogen) atoms. The molecule has 0 saturated carbocycles. The molecule has 0 atom stereocenters. The lowest BCUT2D eigenvalue weighted by Crippen LogP contribution is -2.26. The van der Waals surface area contributed by atoms with E-state index in [0.29, 0.717) is 27.5 Å². The van der Waals surface area contributed by atoms with Crippen LogP contribution in [-0.2, 0) is 30.4 Å². The Morgan fingerprint density at radius 2 is 1.78 bits per heavy atom. The van der Waals surface area contributed by atoms with Crippen LogP contribution in [0.5, 0.6) is 0 Å². The number of nitrogens with one attached hydrogen (secondary N) is 1. The van der Waals surface area contributed by atoms with Crippen LogP contribution in [0, 0.1) is 0 Å². The normalized spacial score (nSPS) is 11.5. The Balaban J connectivity index is 1.46. The summed E-state index contributed by atoms with van der Waals surface area (Å²) in [4.78, 5) is 29.8. The molecule has 0 aliphatic heterocycles.